The van der Waals surface area contributed by atoms with Crippen LogP contribution < -0.4 is 4.74 Å². The molecule has 0 N–H and O–H groups in total. The normalized spacial score (nSPS) is 11.3. The molecule has 0 aromatic heterocycles. The van der Waals surface area contributed by atoms with Crippen LogP contribution in [0, 0.1) is 6.61 Å². The third-order valence-corrected chi connectivity index (χ3v) is 2.85. The van der Waals surface area contributed by atoms with Gasteiger partial charge < -0.3 is 4.74 Å². The zero-order valence-corrected chi connectivity index (χ0v) is 11.2. The second-order valence-electron chi connectivity index (χ2n) is 5.42. The van der Waals surface area contributed by atoms with Crippen LogP contribution in [-0.2, 0) is 5.41 Å². The van der Waals surface area contributed by atoms with Crippen LogP contribution in [0.5, 0.6) is 5.75 Å². The van der Waals surface area contributed by atoms with Crippen molar-refractivity contribution in [3.8, 4) is 5.75 Å². The van der Waals surface area contributed by atoms with Gasteiger partial charge >= 0.3 is 0 Å². The molecule has 0 fully saturated rings. The van der Waals surface area contributed by atoms with Crippen LogP contribution >= 0.6 is 0 Å². The summed E-state index contributed by atoms with van der Waals surface area (Å²) in [5, 5.41) is 0. The number of rotatable bonds is 3. The van der Waals surface area contributed by atoms with Gasteiger partial charge in [0.25, 0.3) is 0 Å². The third-order valence-electron chi connectivity index (χ3n) is 2.85. The average Bonchev–Trinajstić information content (AvgIpc) is 2.37. The first kappa shape index (κ1) is 12.7. The van der Waals surface area contributed by atoms with Gasteiger partial charge in [-0.1, -0.05) is 63.2 Å². The molecule has 0 unspecified atom stereocenters. The Balaban J connectivity index is 1.99. The van der Waals surface area contributed by atoms with Crippen LogP contribution in [0.15, 0.2) is 54.6 Å². The molecule has 0 heterocycles. The highest BCUT2D eigenvalue weighted by molar-refractivity contribution is 5.32. The van der Waals surface area contributed by atoms with Crippen molar-refractivity contribution in [1.29, 1.82) is 0 Å². The Morgan fingerprint density at radius 3 is 2.00 bits per heavy atom. The molecule has 0 saturated heterocycles. The molecule has 1 nitrogen and oxygen atoms in total. The number of hydrogen-bond acceptors (Lipinski definition) is 1. The molecule has 0 amide bonds. The summed E-state index contributed by atoms with van der Waals surface area (Å²) in [6.45, 7) is 8.39. The lowest BCUT2D eigenvalue weighted by atomic mass is 9.87. The molecular formula is C17H19O. The van der Waals surface area contributed by atoms with Gasteiger partial charge in [0.15, 0.2) is 6.61 Å². The smallest absolute Gasteiger partial charge is 0.165 e. The summed E-state index contributed by atoms with van der Waals surface area (Å²) in [6.07, 6.45) is 0. The lowest BCUT2D eigenvalue weighted by molar-refractivity contribution is 0.428. The Morgan fingerprint density at radius 2 is 1.44 bits per heavy atom. The van der Waals surface area contributed by atoms with Crippen LogP contribution in [0.4, 0.5) is 0 Å². The highest BCUT2D eigenvalue weighted by atomic mass is 16.5. The molecule has 0 atom stereocenters. The fourth-order valence-corrected chi connectivity index (χ4v) is 1.70. The van der Waals surface area contributed by atoms with Gasteiger partial charge in [0.1, 0.15) is 5.75 Å². The minimum atomic E-state index is 0.182. The summed E-state index contributed by atoms with van der Waals surface area (Å²) in [7, 11) is 0. The summed E-state index contributed by atoms with van der Waals surface area (Å²) >= 11 is 0. The van der Waals surface area contributed by atoms with E-state index in [1.807, 2.05) is 42.5 Å². The van der Waals surface area contributed by atoms with Crippen LogP contribution in [0.2, 0.25) is 0 Å². The Kier molecular flexibility index (Phi) is 3.71. The van der Waals surface area contributed by atoms with Crippen molar-refractivity contribution in [3.63, 3.8) is 0 Å². The van der Waals surface area contributed by atoms with Gasteiger partial charge in [-0.3, -0.25) is 0 Å². The van der Waals surface area contributed by atoms with Crippen molar-refractivity contribution in [2.24, 2.45) is 0 Å². The second-order valence-corrected chi connectivity index (χ2v) is 5.42. The maximum atomic E-state index is 5.63. The Hall–Kier alpha value is -1.76. The van der Waals surface area contributed by atoms with Gasteiger partial charge in [-0.05, 0) is 28.7 Å². The van der Waals surface area contributed by atoms with Gasteiger partial charge in [0.2, 0.25) is 0 Å². The van der Waals surface area contributed by atoms with E-state index in [9.17, 15) is 0 Å². The fraction of sp³-hybridized carbons (Fsp3) is 0.235. The molecule has 0 spiro atoms. The van der Waals surface area contributed by atoms with Gasteiger partial charge in [0.05, 0.1) is 0 Å². The largest absolute Gasteiger partial charge is 0.481 e. The van der Waals surface area contributed by atoms with E-state index in [4.69, 9.17) is 4.74 Å². The molecule has 2 rings (SSSR count). The predicted molar refractivity (Wildman–Crippen MR) is 75.6 cm³/mol. The first-order valence-corrected chi connectivity index (χ1v) is 6.21. The van der Waals surface area contributed by atoms with E-state index < -0.39 is 0 Å². The maximum Gasteiger partial charge on any atom is 0.165 e. The SMILES string of the molecule is CC(C)(C)c1ccc(O[CH]c2ccccc2)cc1. The molecule has 0 aliphatic rings. The predicted octanol–water partition coefficient (Wildman–Crippen LogP) is 4.57. The van der Waals surface area contributed by atoms with E-state index in [2.05, 4.69) is 32.9 Å². The number of hydrogen-bond donors (Lipinski definition) is 0. The van der Waals surface area contributed by atoms with E-state index in [1.165, 1.54) is 5.56 Å². The van der Waals surface area contributed by atoms with Gasteiger partial charge in [0, 0.05) is 0 Å². The van der Waals surface area contributed by atoms with E-state index >= 15 is 0 Å². The standard InChI is InChI=1S/C17H19O/c1-17(2,3)15-9-11-16(12-10-15)18-13-14-7-5-4-6-8-14/h4-13H,1-3H3. The molecule has 1 radical (unpaired) electrons. The zero-order chi connectivity index (χ0) is 13.0. The van der Waals surface area contributed by atoms with Crippen molar-refractivity contribution in [2.45, 2.75) is 26.2 Å². The Bertz CT molecular complexity index is 477. The molecule has 93 valence electrons. The maximum absolute atomic E-state index is 5.63. The minimum absolute atomic E-state index is 0.182. The quantitative estimate of drug-likeness (QED) is 0.762. The molecule has 0 aliphatic heterocycles. The van der Waals surface area contributed by atoms with Crippen LogP contribution in [0.1, 0.15) is 31.9 Å². The lowest BCUT2D eigenvalue weighted by Crippen LogP contribution is -2.10. The average molecular weight is 239 g/mol. The summed E-state index contributed by atoms with van der Waals surface area (Å²) in [6, 6.07) is 18.3. The van der Waals surface area contributed by atoms with Crippen molar-refractivity contribution >= 4 is 0 Å². The van der Waals surface area contributed by atoms with Crippen molar-refractivity contribution < 1.29 is 4.74 Å². The summed E-state index contributed by atoms with van der Waals surface area (Å²) in [4.78, 5) is 0. The van der Waals surface area contributed by atoms with E-state index in [0.717, 1.165) is 11.3 Å². The lowest BCUT2D eigenvalue weighted by Gasteiger charge is -2.19. The molecule has 1 heteroatoms. The van der Waals surface area contributed by atoms with E-state index in [1.54, 1.807) is 6.61 Å². The summed E-state index contributed by atoms with van der Waals surface area (Å²) in [5.74, 6) is 0.867. The van der Waals surface area contributed by atoms with Gasteiger partial charge in [-0.2, -0.15) is 0 Å². The molecule has 0 aliphatic carbocycles. The summed E-state index contributed by atoms with van der Waals surface area (Å²) in [5.41, 5.74) is 2.56. The molecule has 18 heavy (non-hydrogen) atoms. The minimum Gasteiger partial charge on any atom is -0.481 e. The highest BCUT2D eigenvalue weighted by Gasteiger charge is 2.12. The molecule has 2 aromatic carbocycles. The van der Waals surface area contributed by atoms with Crippen LogP contribution in [0.25, 0.3) is 0 Å². The fourth-order valence-electron chi connectivity index (χ4n) is 1.70. The number of benzene rings is 2. The summed E-state index contributed by atoms with van der Waals surface area (Å²) < 4.78 is 5.63. The monoisotopic (exact) mass is 239 g/mol. The molecule has 2 aromatic rings. The van der Waals surface area contributed by atoms with E-state index in [-0.39, 0.29) is 5.41 Å². The van der Waals surface area contributed by atoms with Crippen molar-refractivity contribution in [1.82, 2.24) is 0 Å². The van der Waals surface area contributed by atoms with Crippen LogP contribution in [0.3, 0.4) is 0 Å². The highest BCUT2D eigenvalue weighted by Crippen LogP contribution is 2.24. The van der Waals surface area contributed by atoms with Gasteiger partial charge in [-0.15, -0.1) is 0 Å². The number of ether oxygens (including phenoxy) is 1. The molecular weight excluding hydrogens is 220 g/mol. The Morgan fingerprint density at radius 1 is 0.833 bits per heavy atom. The second kappa shape index (κ2) is 5.26. The first-order chi connectivity index (χ1) is 8.55. The van der Waals surface area contributed by atoms with Crippen molar-refractivity contribution in [2.75, 3.05) is 0 Å². The topological polar surface area (TPSA) is 9.23 Å². The third kappa shape index (κ3) is 3.36. The van der Waals surface area contributed by atoms with E-state index in [0.29, 0.717) is 0 Å². The Labute approximate surface area is 109 Å². The van der Waals surface area contributed by atoms with Crippen LogP contribution in [-0.4, -0.2) is 0 Å². The van der Waals surface area contributed by atoms with Gasteiger partial charge in [-0.25, -0.2) is 0 Å². The van der Waals surface area contributed by atoms with Crippen molar-refractivity contribution in [3.05, 3.63) is 72.3 Å². The molecule has 0 bridgehead atoms. The zero-order valence-electron chi connectivity index (χ0n) is 11.2. The first-order valence-electron chi connectivity index (χ1n) is 6.21. The molecule has 0 saturated carbocycles.